The molecule has 5 nitrogen and oxygen atoms in total. The molecule has 2 heterocycles. The SMILES string of the molecule is COCN1CCC2(CC1)NC(=O)C(c1c(C)cc(Cl)cc1C)=C2O. The van der Waals surface area contributed by atoms with Crippen LogP contribution >= 0.6 is 11.6 Å². The molecule has 6 heteroatoms. The van der Waals surface area contributed by atoms with Crippen LogP contribution in [-0.2, 0) is 9.53 Å². The number of aliphatic hydroxyl groups is 1. The van der Waals surface area contributed by atoms with Crippen molar-refractivity contribution in [3.63, 3.8) is 0 Å². The number of nitrogens with zero attached hydrogens (tertiary/aromatic N) is 1. The van der Waals surface area contributed by atoms with Crippen LogP contribution in [0.4, 0.5) is 0 Å². The number of hydrogen-bond acceptors (Lipinski definition) is 4. The summed E-state index contributed by atoms with van der Waals surface area (Å²) in [6.07, 6.45) is 1.34. The molecule has 0 bridgehead atoms. The van der Waals surface area contributed by atoms with E-state index in [1.807, 2.05) is 26.0 Å². The van der Waals surface area contributed by atoms with Crippen LogP contribution < -0.4 is 5.32 Å². The average Bonchev–Trinajstić information content (AvgIpc) is 2.74. The maximum Gasteiger partial charge on any atom is 0.256 e. The van der Waals surface area contributed by atoms with Gasteiger partial charge in [0.05, 0.1) is 12.3 Å². The van der Waals surface area contributed by atoms with Crippen molar-refractivity contribution in [2.24, 2.45) is 0 Å². The Kier molecular flexibility index (Phi) is 4.60. The van der Waals surface area contributed by atoms with Gasteiger partial charge in [-0.05, 0) is 55.5 Å². The Hall–Kier alpha value is -1.56. The van der Waals surface area contributed by atoms with Crippen molar-refractivity contribution in [3.05, 3.63) is 39.6 Å². The summed E-state index contributed by atoms with van der Waals surface area (Å²) in [5.74, 6) is -0.0423. The molecule has 1 fully saturated rings. The minimum Gasteiger partial charge on any atom is -0.509 e. The largest absolute Gasteiger partial charge is 0.509 e. The van der Waals surface area contributed by atoms with Crippen LogP contribution in [0.15, 0.2) is 17.9 Å². The van der Waals surface area contributed by atoms with Gasteiger partial charge in [0.2, 0.25) is 0 Å². The van der Waals surface area contributed by atoms with Gasteiger partial charge in [0.15, 0.2) is 0 Å². The first kappa shape index (κ1) is 17.3. The lowest BCUT2D eigenvalue weighted by Gasteiger charge is -2.38. The molecule has 130 valence electrons. The third-order valence-electron chi connectivity index (χ3n) is 5.04. The summed E-state index contributed by atoms with van der Waals surface area (Å²) >= 11 is 6.09. The van der Waals surface area contributed by atoms with E-state index in [1.165, 1.54) is 0 Å². The summed E-state index contributed by atoms with van der Waals surface area (Å²) in [4.78, 5) is 14.8. The summed E-state index contributed by atoms with van der Waals surface area (Å²) in [5, 5.41) is 14.6. The van der Waals surface area contributed by atoms with E-state index < -0.39 is 5.54 Å². The lowest BCUT2D eigenvalue weighted by atomic mass is 9.85. The first-order valence-electron chi connectivity index (χ1n) is 8.12. The standard InChI is InChI=1S/C18H23ClN2O3/c1-11-8-13(19)9-12(2)14(11)15-16(22)18(20-17(15)23)4-6-21(7-5-18)10-24-3/h8-9,22H,4-7,10H2,1-3H3,(H,20,23). The highest BCUT2D eigenvalue weighted by atomic mass is 35.5. The van der Waals surface area contributed by atoms with Gasteiger partial charge in [0.1, 0.15) is 11.3 Å². The fourth-order valence-corrected chi connectivity index (χ4v) is 4.16. The van der Waals surface area contributed by atoms with Crippen molar-refractivity contribution in [1.29, 1.82) is 0 Å². The Morgan fingerprint density at radius 2 is 1.88 bits per heavy atom. The van der Waals surface area contributed by atoms with Gasteiger partial charge >= 0.3 is 0 Å². The maximum atomic E-state index is 12.7. The number of hydrogen-bond donors (Lipinski definition) is 2. The number of benzene rings is 1. The number of rotatable bonds is 3. The molecule has 0 radical (unpaired) electrons. The van der Waals surface area contributed by atoms with Crippen molar-refractivity contribution in [3.8, 4) is 0 Å². The highest BCUT2D eigenvalue weighted by Gasteiger charge is 2.48. The lowest BCUT2D eigenvalue weighted by molar-refractivity contribution is -0.116. The summed E-state index contributed by atoms with van der Waals surface area (Å²) < 4.78 is 5.17. The predicted octanol–water partition coefficient (Wildman–Crippen LogP) is 2.79. The zero-order valence-corrected chi connectivity index (χ0v) is 15.0. The topological polar surface area (TPSA) is 61.8 Å². The third kappa shape index (κ3) is 2.81. The molecule has 2 N–H and O–H groups in total. The quantitative estimate of drug-likeness (QED) is 0.880. The Balaban J connectivity index is 1.98. The second kappa shape index (κ2) is 6.39. The van der Waals surface area contributed by atoms with E-state index in [-0.39, 0.29) is 11.7 Å². The van der Waals surface area contributed by atoms with E-state index in [2.05, 4.69) is 10.2 Å². The molecule has 1 saturated heterocycles. The normalized spacial score (nSPS) is 20.8. The number of carbonyl (C=O) groups is 1. The van der Waals surface area contributed by atoms with Crippen LogP contribution in [0.25, 0.3) is 5.57 Å². The van der Waals surface area contributed by atoms with Gasteiger partial charge in [-0.1, -0.05) is 11.6 Å². The zero-order chi connectivity index (χ0) is 17.5. The van der Waals surface area contributed by atoms with Gasteiger partial charge in [0, 0.05) is 25.2 Å². The van der Waals surface area contributed by atoms with Gasteiger partial charge < -0.3 is 15.2 Å². The number of methoxy groups -OCH3 is 1. The number of likely N-dealkylation sites (tertiary alicyclic amines) is 1. The van der Waals surface area contributed by atoms with Crippen molar-refractivity contribution in [1.82, 2.24) is 10.2 Å². The third-order valence-corrected chi connectivity index (χ3v) is 5.26. The molecular weight excluding hydrogens is 328 g/mol. The first-order chi connectivity index (χ1) is 11.4. The van der Waals surface area contributed by atoms with E-state index in [9.17, 15) is 9.90 Å². The number of carbonyl (C=O) groups excluding carboxylic acids is 1. The molecule has 0 atom stereocenters. The Labute approximate surface area is 147 Å². The van der Waals surface area contributed by atoms with Gasteiger partial charge in [0.25, 0.3) is 5.91 Å². The number of nitrogens with one attached hydrogen (secondary N) is 1. The lowest BCUT2D eigenvalue weighted by Crippen LogP contribution is -2.53. The van der Waals surface area contributed by atoms with Crippen molar-refractivity contribution in [2.45, 2.75) is 32.2 Å². The minimum absolute atomic E-state index is 0.165. The number of aryl methyl sites for hydroxylation is 2. The second-order valence-electron chi connectivity index (χ2n) is 6.71. The van der Waals surface area contributed by atoms with E-state index >= 15 is 0 Å². The van der Waals surface area contributed by atoms with Gasteiger partial charge in [-0.25, -0.2) is 0 Å². The summed E-state index contributed by atoms with van der Waals surface area (Å²) in [5.41, 5.74) is 2.30. The smallest absolute Gasteiger partial charge is 0.256 e. The first-order valence-corrected chi connectivity index (χ1v) is 8.50. The number of halogens is 1. The molecule has 2 aliphatic heterocycles. The van der Waals surface area contributed by atoms with Crippen molar-refractivity contribution < 1.29 is 14.6 Å². The molecular formula is C18H23ClN2O3. The minimum atomic E-state index is -0.658. The van der Waals surface area contributed by atoms with E-state index in [4.69, 9.17) is 16.3 Å². The van der Waals surface area contributed by atoms with E-state index in [1.54, 1.807) is 7.11 Å². The average molecular weight is 351 g/mol. The van der Waals surface area contributed by atoms with Crippen LogP contribution in [0.3, 0.4) is 0 Å². The molecule has 0 aliphatic carbocycles. The fraction of sp³-hybridized carbons (Fsp3) is 0.500. The van der Waals surface area contributed by atoms with E-state index in [0.29, 0.717) is 30.2 Å². The molecule has 3 rings (SSSR count). The van der Waals surface area contributed by atoms with Crippen LogP contribution in [0.5, 0.6) is 0 Å². The van der Waals surface area contributed by atoms with Crippen LogP contribution in [0.1, 0.15) is 29.5 Å². The van der Waals surface area contributed by atoms with Gasteiger partial charge in [-0.15, -0.1) is 0 Å². The van der Waals surface area contributed by atoms with Crippen molar-refractivity contribution >= 4 is 23.1 Å². The predicted molar refractivity (Wildman–Crippen MR) is 94.0 cm³/mol. The zero-order valence-electron chi connectivity index (χ0n) is 14.3. The highest BCUT2D eigenvalue weighted by Crippen LogP contribution is 2.40. The molecule has 1 aromatic rings. The number of piperidine rings is 1. The summed E-state index contributed by atoms with van der Waals surface area (Å²) in [6.45, 7) is 5.92. The Morgan fingerprint density at radius 3 is 2.42 bits per heavy atom. The highest BCUT2D eigenvalue weighted by molar-refractivity contribution is 6.31. The second-order valence-corrected chi connectivity index (χ2v) is 7.15. The Bertz CT molecular complexity index is 683. The van der Waals surface area contributed by atoms with Crippen LogP contribution in [-0.4, -0.2) is 48.4 Å². The molecule has 1 spiro atoms. The number of ether oxygens (including phenoxy) is 1. The number of amides is 1. The summed E-state index contributed by atoms with van der Waals surface area (Å²) in [6, 6.07) is 3.65. The molecule has 0 aromatic heterocycles. The molecule has 0 saturated carbocycles. The summed E-state index contributed by atoms with van der Waals surface area (Å²) in [7, 11) is 1.67. The van der Waals surface area contributed by atoms with Crippen LogP contribution in [0, 0.1) is 13.8 Å². The monoisotopic (exact) mass is 350 g/mol. The van der Waals surface area contributed by atoms with Crippen molar-refractivity contribution in [2.75, 3.05) is 26.9 Å². The molecule has 1 aromatic carbocycles. The van der Waals surface area contributed by atoms with Gasteiger partial charge in [-0.2, -0.15) is 0 Å². The van der Waals surface area contributed by atoms with E-state index in [0.717, 1.165) is 29.8 Å². The Morgan fingerprint density at radius 1 is 1.29 bits per heavy atom. The molecule has 2 aliphatic rings. The molecule has 1 amide bonds. The molecule has 24 heavy (non-hydrogen) atoms. The maximum absolute atomic E-state index is 12.7. The van der Waals surface area contributed by atoms with Gasteiger partial charge in [-0.3, -0.25) is 9.69 Å². The fourth-order valence-electron chi connectivity index (χ4n) is 3.83. The number of aliphatic hydroxyl groups excluding tert-OH is 1. The molecule has 0 unspecified atom stereocenters. The van der Waals surface area contributed by atoms with Crippen LogP contribution in [0.2, 0.25) is 5.02 Å².